The normalized spacial score (nSPS) is 20.2. The van der Waals surface area contributed by atoms with E-state index in [1.54, 1.807) is 29.3 Å². The van der Waals surface area contributed by atoms with E-state index in [0.29, 0.717) is 5.69 Å². The molecule has 134 valence electrons. The predicted octanol–water partition coefficient (Wildman–Crippen LogP) is 2.06. The van der Waals surface area contributed by atoms with Gasteiger partial charge in [-0.05, 0) is 43.9 Å². The van der Waals surface area contributed by atoms with Gasteiger partial charge in [-0.3, -0.25) is 19.4 Å². The lowest BCUT2D eigenvalue weighted by molar-refractivity contribution is 0.0863. The van der Waals surface area contributed by atoms with Gasteiger partial charge >= 0.3 is 0 Å². The number of pyridine rings is 2. The van der Waals surface area contributed by atoms with Crippen LogP contribution in [0.25, 0.3) is 22.2 Å². The van der Waals surface area contributed by atoms with E-state index in [9.17, 15) is 9.90 Å². The third-order valence-corrected chi connectivity index (χ3v) is 4.96. The summed E-state index contributed by atoms with van der Waals surface area (Å²) in [6.45, 7) is 0. The van der Waals surface area contributed by atoms with Gasteiger partial charge in [0.25, 0.3) is 5.91 Å². The van der Waals surface area contributed by atoms with Crippen LogP contribution in [-0.2, 0) is 7.05 Å². The van der Waals surface area contributed by atoms with Crippen LogP contribution >= 0.6 is 0 Å². The maximum Gasteiger partial charge on any atom is 0.270 e. The zero-order valence-electron chi connectivity index (χ0n) is 14.6. The van der Waals surface area contributed by atoms with Crippen LogP contribution < -0.4 is 5.32 Å². The largest absolute Gasteiger partial charge is 0.393 e. The Balaban J connectivity index is 1.52. The molecule has 0 atom stereocenters. The van der Waals surface area contributed by atoms with Crippen LogP contribution in [0.2, 0.25) is 0 Å². The first-order valence-corrected chi connectivity index (χ1v) is 8.84. The van der Waals surface area contributed by atoms with Gasteiger partial charge in [-0.2, -0.15) is 5.10 Å². The molecule has 3 aromatic heterocycles. The molecular weight excluding hydrogens is 330 g/mol. The molecule has 3 heterocycles. The molecule has 0 radical (unpaired) electrons. The second-order valence-electron chi connectivity index (χ2n) is 6.78. The van der Waals surface area contributed by atoms with Gasteiger partial charge in [0.15, 0.2) is 0 Å². The maximum absolute atomic E-state index is 12.4. The molecule has 26 heavy (non-hydrogen) atoms. The summed E-state index contributed by atoms with van der Waals surface area (Å²) in [4.78, 5) is 20.9. The fourth-order valence-corrected chi connectivity index (χ4v) is 3.46. The van der Waals surface area contributed by atoms with Gasteiger partial charge in [0.05, 0.1) is 17.8 Å². The quantitative estimate of drug-likeness (QED) is 0.753. The number of hydrogen-bond donors (Lipinski definition) is 2. The minimum Gasteiger partial charge on any atom is -0.393 e. The van der Waals surface area contributed by atoms with Crippen LogP contribution in [0, 0.1) is 0 Å². The van der Waals surface area contributed by atoms with Crippen LogP contribution in [-0.4, -0.2) is 42.9 Å². The van der Waals surface area contributed by atoms with Crippen molar-refractivity contribution in [3.05, 3.63) is 42.5 Å². The smallest absolute Gasteiger partial charge is 0.270 e. The highest BCUT2D eigenvalue weighted by Gasteiger charge is 2.21. The molecule has 1 fully saturated rings. The van der Waals surface area contributed by atoms with Crippen molar-refractivity contribution in [2.75, 3.05) is 0 Å². The van der Waals surface area contributed by atoms with Crippen LogP contribution in [0.5, 0.6) is 0 Å². The van der Waals surface area contributed by atoms with Gasteiger partial charge in [-0.15, -0.1) is 0 Å². The average molecular weight is 351 g/mol. The van der Waals surface area contributed by atoms with Crippen molar-refractivity contribution in [2.45, 2.75) is 37.8 Å². The summed E-state index contributed by atoms with van der Waals surface area (Å²) in [7, 11) is 1.88. The van der Waals surface area contributed by atoms with E-state index >= 15 is 0 Å². The maximum atomic E-state index is 12.4. The van der Waals surface area contributed by atoms with Gasteiger partial charge in [-0.1, -0.05) is 0 Å². The highest BCUT2D eigenvalue weighted by atomic mass is 16.3. The Hall–Kier alpha value is -2.80. The van der Waals surface area contributed by atoms with E-state index < -0.39 is 0 Å². The molecular formula is C19H21N5O2. The third kappa shape index (κ3) is 3.17. The first kappa shape index (κ1) is 16.7. The van der Waals surface area contributed by atoms with E-state index in [1.165, 1.54) is 0 Å². The number of rotatable bonds is 3. The van der Waals surface area contributed by atoms with Gasteiger partial charge in [0.1, 0.15) is 11.4 Å². The Morgan fingerprint density at radius 1 is 1.19 bits per heavy atom. The van der Waals surface area contributed by atoms with E-state index in [2.05, 4.69) is 20.4 Å². The number of aliphatic hydroxyl groups is 1. The summed E-state index contributed by atoms with van der Waals surface area (Å²) in [5.74, 6) is -0.173. The summed E-state index contributed by atoms with van der Waals surface area (Å²) >= 11 is 0. The van der Waals surface area contributed by atoms with Crippen molar-refractivity contribution in [1.82, 2.24) is 25.1 Å². The summed E-state index contributed by atoms with van der Waals surface area (Å²) in [5, 5.41) is 18.1. The van der Waals surface area contributed by atoms with Crippen molar-refractivity contribution >= 4 is 16.8 Å². The second kappa shape index (κ2) is 6.84. The van der Waals surface area contributed by atoms with Crippen molar-refractivity contribution in [1.29, 1.82) is 0 Å². The molecule has 0 aromatic carbocycles. The fourth-order valence-electron chi connectivity index (χ4n) is 3.46. The Labute approximate surface area is 151 Å². The number of carbonyl (C=O) groups excluding carboxylic acids is 1. The molecule has 0 spiro atoms. The highest BCUT2D eigenvalue weighted by Crippen LogP contribution is 2.26. The van der Waals surface area contributed by atoms with Crippen LogP contribution in [0.15, 0.2) is 36.8 Å². The Morgan fingerprint density at radius 2 is 2.00 bits per heavy atom. The number of hydrogen-bond acceptors (Lipinski definition) is 5. The standard InChI is InChI=1S/C19H21N5O2/c1-24-17-11-20-9-8-15(17)18(23-24)12-2-7-16(21-10-12)19(26)22-13-3-5-14(25)6-4-13/h2,7-11,13-14,25H,3-6H2,1H3,(H,22,26). The fraction of sp³-hybridized carbons (Fsp3) is 0.368. The zero-order valence-corrected chi connectivity index (χ0v) is 14.6. The SMILES string of the molecule is Cn1nc(-c2ccc(C(=O)NC3CCC(O)CC3)nc2)c2ccncc21. The molecule has 4 rings (SSSR count). The highest BCUT2D eigenvalue weighted by molar-refractivity contribution is 5.95. The van der Waals surface area contributed by atoms with Crippen LogP contribution in [0.4, 0.5) is 0 Å². The van der Waals surface area contributed by atoms with E-state index in [0.717, 1.165) is 47.8 Å². The number of aliphatic hydroxyl groups excluding tert-OH is 1. The molecule has 0 unspecified atom stereocenters. The molecule has 2 N–H and O–H groups in total. The summed E-state index contributed by atoms with van der Waals surface area (Å²) in [5.41, 5.74) is 3.02. The molecule has 1 saturated carbocycles. The molecule has 0 saturated heterocycles. The molecule has 1 amide bonds. The lowest BCUT2D eigenvalue weighted by Crippen LogP contribution is -2.38. The van der Waals surface area contributed by atoms with Crippen molar-refractivity contribution in [3.8, 4) is 11.3 Å². The topological polar surface area (TPSA) is 92.9 Å². The summed E-state index contributed by atoms with van der Waals surface area (Å²) in [6.07, 6.45) is 8.05. The minimum atomic E-state index is -0.232. The van der Waals surface area contributed by atoms with Crippen molar-refractivity contribution in [3.63, 3.8) is 0 Å². The Morgan fingerprint density at radius 3 is 2.73 bits per heavy atom. The van der Waals surface area contributed by atoms with Crippen LogP contribution in [0.3, 0.4) is 0 Å². The minimum absolute atomic E-state index is 0.111. The summed E-state index contributed by atoms with van der Waals surface area (Å²) in [6, 6.07) is 5.63. The lowest BCUT2D eigenvalue weighted by atomic mass is 9.93. The molecule has 1 aliphatic rings. The lowest BCUT2D eigenvalue weighted by Gasteiger charge is -2.26. The van der Waals surface area contributed by atoms with Crippen LogP contribution in [0.1, 0.15) is 36.2 Å². The van der Waals surface area contributed by atoms with Gasteiger partial charge < -0.3 is 10.4 Å². The number of fused-ring (bicyclic) bond motifs is 1. The van der Waals surface area contributed by atoms with E-state index in [-0.39, 0.29) is 18.1 Å². The van der Waals surface area contributed by atoms with Gasteiger partial charge in [0, 0.05) is 36.4 Å². The molecule has 7 heteroatoms. The zero-order chi connectivity index (χ0) is 18.1. The predicted molar refractivity (Wildman–Crippen MR) is 97.5 cm³/mol. The molecule has 7 nitrogen and oxygen atoms in total. The van der Waals surface area contributed by atoms with E-state index in [4.69, 9.17) is 0 Å². The number of carbonyl (C=O) groups is 1. The van der Waals surface area contributed by atoms with Crippen molar-refractivity contribution < 1.29 is 9.90 Å². The first-order chi connectivity index (χ1) is 12.6. The van der Waals surface area contributed by atoms with Crippen molar-refractivity contribution in [2.24, 2.45) is 7.05 Å². The molecule has 1 aliphatic carbocycles. The number of nitrogens with one attached hydrogen (secondary N) is 1. The average Bonchev–Trinajstić information content (AvgIpc) is 3.01. The number of aryl methyl sites for hydroxylation is 1. The van der Waals surface area contributed by atoms with Gasteiger partial charge in [0.2, 0.25) is 0 Å². The Bertz CT molecular complexity index is 927. The monoisotopic (exact) mass is 351 g/mol. The number of nitrogens with zero attached hydrogens (tertiary/aromatic N) is 4. The van der Waals surface area contributed by atoms with E-state index in [1.807, 2.05) is 19.2 Å². The number of aromatic nitrogens is 4. The molecule has 0 bridgehead atoms. The molecule has 0 aliphatic heterocycles. The summed E-state index contributed by atoms with van der Waals surface area (Å²) < 4.78 is 1.79. The van der Waals surface area contributed by atoms with Gasteiger partial charge in [-0.25, -0.2) is 0 Å². The third-order valence-electron chi connectivity index (χ3n) is 4.96. The first-order valence-electron chi connectivity index (χ1n) is 8.84. The molecule has 3 aromatic rings. The second-order valence-corrected chi connectivity index (χ2v) is 6.78. The number of amides is 1. The Kier molecular flexibility index (Phi) is 4.38.